The van der Waals surface area contributed by atoms with E-state index in [0.717, 1.165) is 12.1 Å². The summed E-state index contributed by atoms with van der Waals surface area (Å²) >= 11 is 0. The van der Waals surface area contributed by atoms with Crippen molar-refractivity contribution in [3.8, 4) is 6.07 Å². The molecular weight excluding hydrogens is 184 g/mol. The van der Waals surface area contributed by atoms with Crippen LogP contribution in [0, 0.1) is 17.2 Å². The molecule has 0 aromatic heterocycles. The molecule has 0 spiro atoms. The predicted octanol–water partition coefficient (Wildman–Crippen LogP) is 2.86. The van der Waals surface area contributed by atoms with Crippen LogP contribution in [0.4, 0.5) is 0 Å². The standard InChI is InChI=1S/C13H18N2/c1-10(2)9-15-11(3)13-6-4-5-12(7-13)8-14/h4-7,10-11,15H,9H2,1-3H3. The molecule has 0 amide bonds. The molecule has 0 aliphatic carbocycles. The Hall–Kier alpha value is -1.33. The molecule has 2 heteroatoms. The predicted molar refractivity (Wildman–Crippen MR) is 62.4 cm³/mol. The van der Waals surface area contributed by atoms with Gasteiger partial charge >= 0.3 is 0 Å². The second-order valence-electron chi connectivity index (χ2n) is 4.26. The van der Waals surface area contributed by atoms with Gasteiger partial charge in [-0.3, -0.25) is 0 Å². The zero-order valence-electron chi connectivity index (χ0n) is 9.62. The summed E-state index contributed by atoms with van der Waals surface area (Å²) in [5, 5.41) is 12.2. The van der Waals surface area contributed by atoms with E-state index in [9.17, 15) is 0 Å². The monoisotopic (exact) mass is 202 g/mol. The van der Waals surface area contributed by atoms with E-state index in [0.29, 0.717) is 12.0 Å². The van der Waals surface area contributed by atoms with E-state index < -0.39 is 0 Å². The van der Waals surface area contributed by atoms with Crippen molar-refractivity contribution < 1.29 is 0 Å². The lowest BCUT2D eigenvalue weighted by Gasteiger charge is -2.15. The van der Waals surface area contributed by atoms with Crippen molar-refractivity contribution in [2.75, 3.05) is 6.54 Å². The van der Waals surface area contributed by atoms with Crippen LogP contribution in [-0.2, 0) is 0 Å². The van der Waals surface area contributed by atoms with Gasteiger partial charge in [-0.2, -0.15) is 5.26 Å². The van der Waals surface area contributed by atoms with Gasteiger partial charge in [0, 0.05) is 6.04 Å². The highest BCUT2D eigenvalue weighted by Gasteiger charge is 2.05. The lowest BCUT2D eigenvalue weighted by Crippen LogP contribution is -2.23. The maximum Gasteiger partial charge on any atom is 0.0991 e. The van der Waals surface area contributed by atoms with Crippen molar-refractivity contribution in [1.29, 1.82) is 5.26 Å². The van der Waals surface area contributed by atoms with Gasteiger partial charge in [0.25, 0.3) is 0 Å². The molecule has 0 saturated heterocycles. The summed E-state index contributed by atoms with van der Waals surface area (Å²) in [6.07, 6.45) is 0. The molecule has 1 atom stereocenters. The number of hydrogen-bond acceptors (Lipinski definition) is 2. The molecule has 80 valence electrons. The summed E-state index contributed by atoms with van der Waals surface area (Å²) in [6.45, 7) is 7.49. The number of nitriles is 1. The molecule has 1 N–H and O–H groups in total. The molecule has 0 heterocycles. The van der Waals surface area contributed by atoms with Crippen molar-refractivity contribution >= 4 is 0 Å². The summed E-state index contributed by atoms with van der Waals surface area (Å²) in [5.41, 5.74) is 1.90. The van der Waals surface area contributed by atoms with Crippen LogP contribution in [0.1, 0.15) is 37.9 Å². The Morgan fingerprint density at radius 1 is 1.33 bits per heavy atom. The molecule has 2 nitrogen and oxygen atoms in total. The molecule has 15 heavy (non-hydrogen) atoms. The molecule has 0 fully saturated rings. The Bertz CT molecular complexity index is 350. The van der Waals surface area contributed by atoms with Crippen molar-refractivity contribution in [3.63, 3.8) is 0 Å². The van der Waals surface area contributed by atoms with Gasteiger partial charge in [0.15, 0.2) is 0 Å². The minimum Gasteiger partial charge on any atom is -0.310 e. The van der Waals surface area contributed by atoms with Crippen LogP contribution in [0.15, 0.2) is 24.3 Å². The van der Waals surface area contributed by atoms with Crippen molar-refractivity contribution in [1.82, 2.24) is 5.32 Å². The molecule has 0 bridgehead atoms. The molecule has 0 saturated carbocycles. The minimum absolute atomic E-state index is 0.306. The third kappa shape index (κ3) is 3.73. The van der Waals surface area contributed by atoms with E-state index in [1.165, 1.54) is 5.56 Å². The lowest BCUT2D eigenvalue weighted by atomic mass is 10.1. The van der Waals surface area contributed by atoms with Crippen molar-refractivity contribution in [2.45, 2.75) is 26.8 Å². The van der Waals surface area contributed by atoms with Crippen LogP contribution in [0.2, 0.25) is 0 Å². The first-order chi connectivity index (χ1) is 7.13. The Kier molecular flexibility index (Phi) is 4.33. The van der Waals surface area contributed by atoms with Gasteiger partial charge in [-0.05, 0) is 37.1 Å². The van der Waals surface area contributed by atoms with E-state index >= 15 is 0 Å². The zero-order chi connectivity index (χ0) is 11.3. The van der Waals surface area contributed by atoms with Crippen molar-refractivity contribution in [2.24, 2.45) is 5.92 Å². The van der Waals surface area contributed by atoms with E-state index in [1.54, 1.807) is 0 Å². The normalized spacial score (nSPS) is 12.5. The van der Waals surface area contributed by atoms with E-state index in [1.807, 2.05) is 18.2 Å². The fourth-order valence-electron chi connectivity index (χ4n) is 1.41. The van der Waals surface area contributed by atoms with E-state index in [2.05, 4.69) is 38.2 Å². The zero-order valence-corrected chi connectivity index (χ0v) is 9.62. The first-order valence-electron chi connectivity index (χ1n) is 5.37. The maximum atomic E-state index is 8.79. The Morgan fingerprint density at radius 2 is 2.07 bits per heavy atom. The highest BCUT2D eigenvalue weighted by molar-refractivity contribution is 5.33. The molecule has 0 aliphatic rings. The average Bonchev–Trinajstić information content (AvgIpc) is 2.26. The average molecular weight is 202 g/mol. The van der Waals surface area contributed by atoms with Gasteiger partial charge in [0.2, 0.25) is 0 Å². The molecule has 1 unspecified atom stereocenters. The molecule has 1 aromatic rings. The highest BCUT2D eigenvalue weighted by Crippen LogP contribution is 2.13. The summed E-state index contributed by atoms with van der Waals surface area (Å²) in [7, 11) is 0. The Balaban J connectivity index is 2.65. The molecule has 0 aliphatic heterocycles. The van der Waals surface area contributed by atoms with Crippen LogP contribution >= 0.6 is 0 Å². The summed E-state index contributed by atoms with van der Waals surface area (Å²) in [4.78, 5) is 0. The topological polar surface area (TPSA) is 35.8 Å². The number of nitrogens with zero attached hydrogens (tertiary/aromatic N) is 1. The SMILES string of the molecule is CC(C)CNC(C)c1cccc(C#N)c1. The number of rotatable bonds is 4. The van der Waals surface area contributed by atoms with Crippen LogP contribution in [0.5, 0.6) is 0 Å². The third-order valence-corrected chi connectivity index (χ3v) is 2.35. The fourth-order valence-corrected chi connectivity index (χ4v) is 1.41. The Labute approximate surface area is 91.9 Å². The maximum absolute atomic E-state index is 8.79. The summed E-state index contributed by atoms with van der Waals surface area (Å²) < 4.78 is 0. The molecule has 1 aromatic carbocycles. The first-order valence-corrected chi connectivity index (χ1v) is 5.37. The number of nitrogens with one attached hydrogen (secondary N) is 1. The summed E-state index contributed by atoms with van der Waals surface area (Å²) in [6, 6.07) is 10.2. The van der Waals surface area contributed by atoms with Crippen LogP contribution < -0.4 is 5.32 Å². The van der Waals surface area contributed by atoms with Gasteiger partial charge in [0.1, 0.15) is 0 Å². The fraction of sp³-hybridized carbons (Fsp3) is 0.462. The minimum atomic E-state index is 0.306. The van der Waals surface area contributed by atoms with Gasteiger partial charge < -0.3 is 5.32 Å². The van der Waals surface area contributed by atoms with Crippen LogP contribution in [-0.4, -0.2) is 6.54 Å². The summed E-state index contributed by atoms with van der Waals surface area (Å²) in [5.74, 6) is 0.645. The Morgan fingerprint density at radius 3 is 2.67 bits per heavy atom. The van der Waals surface area contributed by atoms with Crippen LogP contribution in [0.3, 0.4) is 0 Å². The number of benzene rings is 1. The smallest absolute Gasteiger partial charge is 0.0991 e. The third-order valence-electron chi connectivity index (χ3n) is 2.35. The second kappa shape index (κ2) is 5.53. The highest BCUT2D eigenvalue weighted by atomic mass is 14.9. The molecular formula is C13H18N2. The van der Waals surface area contributed by atoms with Gasteiger partial charge in [-0.15, -0.1) is 0 Å². The number of hydrogen-bond donors (Lipinski definition) is 1. The van der Waals surface area contributed by atoms with E-state index in [-0.39, 0.29) is 0 Å². The lowest BCUT2D eigenvalue weighted by molar-refractivity contribution is 0.496. The van der Waals surface area contributed by atoms with Gasteiger partial charge in [0.05, 0.1) is 11.6 Å². The van der Waals surface area contributed by atoms with Crippen LogP contribution in [0.25, 0.3) is 0 Å². The second-order valence-corrected chi connectivity index (χ2v) is 4.26. The van der Waals surface area contributed by atoms with Gasteiger partial charge in [-0.1, -0.05) is 26.0 Å². The molecule has 1 rings (SSSR count). The molecule has 0 radical (unpaired) electrons. The van der Waals surface area contributed by atoms with Gasteiger partial charge in [-0.25, -0.2) is 0 Å². The first kappa shape index (κ1) is 11.7. The van der Waals surface area contributed by atoms with E-state index in [4.69, 9.17) is 5.26 Å². The quantitative estimate of drug-likeness (QED) is 0.815. The largest absolute Gasteiger partial charge is 0.310 e. The van der Waals surface area contributed by atoms with Crippen molar-refractivity contribution in [3.05, 3.63) is 35.4 Å².